The smallest absolute Gasteiger partial charge is 0.334 e. The quantitative estimate of drug-likeness (QED) is 0.641. The molecule has 9 heteroatoms. The van der Waals surface area contributed by atoms with Crippen LogP contribution in [0.3, 0.4) is 0 Å². The van der Waals surface area contributed by atoms with Crippen LogP contribution in [0.1, 0.15) is 43.9 Å². The second kappa shape index (κ2) is 11.0. The van der Waals surface area contributed by atoms with E-state index in [-0.39, 0.29) is 37.0 Å². The van der Waals surface area contributed by atoms with E-state index < -0.39 is 12.2 Å². The van der Waals surface area contributed by atoms with Gasteiger partial charge in [0.05, 0.1) is 26.2 Å². The number of rotatable bonds is 7. The molecule has 4 rings (SSSR count). The number of methoxy groups -OCH3 is 1. The van der Waals surface area contributed by atoms with Gasteiger partial charge in [0.2, 0.25) is 11.8 Å². The molecule has 9 nitrogen and oxygen atoms in total. The molecule has 0 radical (unpaired) electrons. The summed E-state index contributed by atoms with van der Waals surface area (Å²) < 4.78 is 5.20. The van der Waals surface area contributed by atoms with Crippen molar-refractivity contribution in [2.24, 2.45) is 0 Å². The molecule has 2 heterocycles. The van der Waals surface area contributed by atoms with Gasteiger partial charge in [0, 0.05) is 13.6 Å². The van der Waals surface area contributed by atoms with E-state index in [1.807, 2.05) is 73.3 Å². The highest BCUT2D eigenvalue weighted by Gasteiger charge is 2.51. The van der Waals surface area contributed by atoms with Gasteiger partial charge in [0.15, 0.2) is 0 Å². The Morgan fingerprint density at radius 1 is 1.11 bits per heavy atom. The third-order valence-corrected chi connectivity index (χ3v) is 7.01. The third kappa shape index (κ3) is 5.02. The summed E-state index contributed by atoms with van der Waals surface area (Å²) in [6.45, 7) is 4.60. The summed E-state index contributed by atoms with van der Waals surface area (Å²) in [5, 5.41) is 6.22. The molecule has 192 valence electrons. The Bertz CT molecular complexity index is 1080. The van der Waals surface area contributed by atoms with Crippen LogP contribution in [-0.2, 0) is 16.1 Å². The zero-order valence-electron chi connectivity index (χ0n) is 21.4. The average Bonchev–Trinajstić information content (AvgIpc) is 2.89. The van der Waals surface area contributed by atoms with Crippen molar-refractivity contribution in [1.82, 2.24) is 25.1 Å². The molecule has 2 saturated heterocycles. The first-order valence-electron chi connectivity index (χ1n) is 12.4. The van der Waals surface area contributed by atoms with Crippen LogP contribution in [0, 0.1) is 0 Å². The minimum atomic E-state index is -0.599. The predicted molar refractivity (Wildman–Crippen MR) is 136 cm³/mol. The molecule has 1 unspecified atom stereocenters. The number of likely N-dealkylation sites (N-methyl/N-ethyl adjacent to an activating group) is 1. The molecule has 2 aromatic carbocycles. The van der Waals surface area contributed by atoms with Gasteiger partial charge >= 0.3 is 6.03 Å². The maximum atomic E-state index is 13.6. The Kier molecular flexibility index (Phi) is 7.79. The van der Waals surface area contributed by atoms with Crippen LogP contribution in [0.15, 0.2) is 54.6 Å². The lowest BCUT2D eigenvalue weighted by Gasteiger charge is -2.55. The Morgan fingerprint density at radius 3 is 2.44 bits per heavy atom. The van der Waals surface area contributed by atoms with Crippen LogP contribution >= 0.6 is 0 Å². The SMILES string of the molecule is CCC[C@H]1C(=O)N(C(C)c2ccccc2)C[C@H]2N1C(=O)CN(C)N2C(=O)NCc1ccc(OC)cc1. The first-order chi connectivity index (χ1) is 17.3. The number of urea groups is 1. The summed E-state index contributed by atoms with van der Waals surface area (Å²) >= 11 is 0. The van der Waals surface area contributed by atoms with Gasteiger partial charge < -0.3 is 19.9 Å². The first kappa shape index (κ1) is 25.5. The van der Waals surface area contributed by atoms with Crippen molar-refractivity contribution in [3.8, 4) is 5.75 Å². The topological polar surface area (TPSA) is 85.4 Å². The fourth-order valence-corrected chi connectivity index (χ4v) is 5.08. The Balaban J connectivity index is 1.59. The fraction of sp³-hybridized carbons (Fsp3) is 0.444. The van der Waals surface area contributed by atoms with Crippen molar-refractivity contribution >= 4 is 17.8 Å². The molecular formula is C27H35N5O4. The largest absolute Gasteiger partial charge is 0.497 e. The predicted octanol–water partition coefficient (Wildman–Crippen LogP) is 2.99. The Labute approximate surface area is 212 Å². The molecule has 0 spiro atoms. The molecule has 2 aliphatic rings. The number of hydrazine groups is 1. The number of carbonyl (C=O) groups is 3. The van der Waals surface area contributed by atoms with E-state index >= 15 is 0 Å². The lowest BCUT2D eigenvalue weighted by atomic mass is 9.98. The van der Waals surface area contributed by atoms with Crippen molar-refractivity contribution in [2.45, 2.75) is 51.5 Å². The van der Waals surface area contributed by atoms with Crippen molar-refractivity contribution in [2.75, 3.05) is 27.2 Å². The maximum Gasteiger partial charge on any atom is 0.334 e. The lowest BCUT2D eigenvalue weighted by molar-refractivity contribution is -0.189. The molecule has 2 aromatic rings. The molecule has 0 aromatic heterocycles. The first-order valence-corrected chi connectivity index (χ1v) is 12.4. The van der Waals surface area contributed by atoms with Crippen molar-refractivity contribution in [3.05, 3.63) is 65.7 Å². The molecule has 3 atom stereocenters. The van der Waals surface area contributed by atoms with E-state index in [4.69, 9.17) is 4.74 Å². The normalized spacial score (nSPS) is 21.3. The highest BCUT2D eigenvalue weighted by atomic mass is 16.5. The molecule has 0 aliphatic carbocycles. The van der Waals surface area contributed by atoms with Crippen LogP contribution in [0.2, 0.25) is 0 Å². The molecule has 2 aliphatic heterocycles. The van der Waals surface area contributed by atoms with E-state index in [0.717, 1.165) is 23.3 Å². The second-order valence-electron chi connectivity index (χ2n) is 9.33. The summed E-state index contributed by atoms with van der Waals surface area (Å²) in [5.74, 6) is 0.540. The Hall–Kier alpha value is -3.59. The maximum absolute atomic E-state index is 13.6. The number of hydrogen-bond donors (Lipinski definition) is 1. The number of nitrogens with one attached hydrogen (secondary N) is 1. The van der Waals surface area contributed by atoms with Gasteiger partial charge in [-0.3, -0.25) is 9.59 Å². The molecule has 36 heavy (non-hydrogen) atoms. The van der Waals surface area contributed by atoms with Crippen LogP contribution in [0.5, 0.6) is 5.75 Å². The molecule has 1 N–H and O–H groups in total. The van der Waals surface area contributed by atoms with Crippen molar-refractivity contribution in [3.63, 3.8) is 0 Å². The lowest BCUT2D eigenvalue weighted by Crippen LogP contribution is -2.76. The zero-order chi connectivity index (χ0) is 25.8. The van der Waals surface area contributed by atoms with Gasteiger partial charge in [0.25, 0.3) is 0 Å². The number of benzene rings is 2. The molecule has 2 fully saturated rings. The second-order valence-corrected chi connectivity index (χ2v) is 9.33. The van der Waals surface area contributed by atoms with Crippen molar-refractivity contribution in [1.29, 1.82) is 0 Å². The summed E-state index contributed by atoms with van der Waals surface area (Å²) in [4.78, 5) is 43.7. The fourth-order valence-electron chi connectivity index (χ4n) is 5.08. The molecule has 0 saturated carbocycles. The number of ether oxygens (including phenoxy) is 1. The zero-order valence-corrected chi connectivity index (χ0v) is 21.4. The average molecular weight is 494 g/mol. The van der Waals surface area contributed by atoms with E-state index in [1.54, 1.807) is 29.1 Å². The highest BCUT2D eigenvalue weighted by Crippen LogP contribution is 2.32. The summed E-state index contributed by atoms with van der Waals surface area (Å²) in [6, 6.07) is 16.2. The van der Waals surface area contributed by atoms with Crippen LogP contribution in [0.25, 0.3) is 0 Å². The monoisotopic (exact) mass is 493 g/mol. The van der Waals surface area contributed by atoms with E-state index in [0.29, 0.717) is 13.0 Å². The molecular weight excluding hydrogens is 458 g/mol. The Morgan fingerprint density at radius 2 is 1.81 bits per heavy atom. The number of fused-ring (bicyclic) bond motifs is 1. The van der Waals surface area contributed by atoms with Gasteiger partial charge in [-0.05, 0) is 36.6 Å². The van der Waals surface area contributed by atoms with Gasteiger partial charge in [0.1, 0.15) is 18.0 Å². The number of hydrogen-bond acceptors (Lipinski definition) is 5. The number of piperazine rings is 1. The van der Waals surface area contributed by atoms with Gasteiger partial charge in [-0.2, -0.15) is 0 Å². The summed E-state index contributed by atoms with van der Waals surface area (Å²) in [5.41, 5.74) is 1.94. The number of nitrogens with zero attached hydrogens (tertiary/aromatic N) is 4. The van der Waals surface area contributed by atoms with E-state index in [1.165, 1.54) is 0 Å². The molecule has 4 amide bonds. The highest BCUT2D eigenvalue weighted by molar-refractivity contribution is 5.91. The van der Waals surface area contributed by atoms with Crippen molar-refractivity contribution < 1.29 is 19.1 Å². The number of amides is 4. The van der Waals surface area contributed by atoms with E-state index in [9.17, 15) is 14.4 Å². The number of carbonyl (C=O) groups excluding carboxylic acids is 3. The van der Waals surface area contributed by atoms with Gasteiger partial charge in [-0.25, -0.2) is 14.8 Å². The van der Waals surface area contributed by atoms with Crippen LogP contribution in [0.4, 0.5) is 4.79 Å². The van der Waals surface area contributed by atoms with E-state index in [2.05, 4.69) is 5.32 Å². The molecule has 0 bridgehead atoms. The minimum absolute atomic E-state index is 0.0359. The standard InChI is InChI=1S/C27H35N5O4/c1-5-9-23-26(34)30(19(2)21-10-7-6-8-11-21)17-24-31(23)25(33)18-29(3)32(24)27(35)28-16-20-12-14-22(36-4)15-13-20/h6-8,10-15,19,23-24H,5,9,16-18H2,1-4H3,(H,28,35)/t19?,23-,24-/m0/s1. The minimum Gasteiger partial charge on any atom is -0.497 e. The van der Waals surface area contributed by atoms with Crippen LogP contribution in [-0.4, -0.2) is 77.1 Å². The van der Waals surface area contributed by atoms with Crippen LogP contribution < -0.4 is 10.1 Å². The third-order valence-electron chi connectivity index (χ3n) is 7.01. The summed E-state index contributed by atoms with van der Waals surface area (Å²) in [7, 11) is 3.34. The summed E-state index contributed by atoms with van der Waals surface area (Å²) in [6.07, 6.45) is 0.705. The van der Waals surface area contributed by atoms with Gasteiger partial charge in [-0.1, -0.05) is 55.8 Å². The van der Waals surface area contributed by atoms with Gasteiger partial charge in [-0.15, -0.1) is 0 Å².